The number of fused-ring (bicyclic) bond motifs is 11. The first kappa shape index (κ1) is 23.3. The maximum Gasteiger partial charge on any atom is 0.196 e. The fourth-order valence-corrected chi connectivity index (χ4v) is 8.14. The Morgan fingerprint density at radius 3 is 2.16 bits per heavy atom. The number of nitrogens with zero attached hydrogens (tertiary/aromatic N) is 1. The molecule has 0 amide bonds. The van der Waals surface area contributed by atoms with E-state index in [1.807, 2.05) is 11.3 Å². The molecule has 1 N–H and O–H groups in total. The first-order valence-electron chi connectivity index (χ1n) is 14.6. The SMILES string of the molecule is c1ccc2cc3c(cc2c1)c1c2ccccc2ccc1n3-c1ccc(C2Nc3c(ccc4sc5ccccc5c34)O2)cc1. The molecule has 0 radical (unpaired) electrons. The van der Waals surface area contributed by atoms with Crippen LogP contribution < -0.4 is 10.1 Å². The van der Waals surface area contributed by atoms with E-state index in [9.17, 15) is 0 Å². The lowest BCUT2D eigenvalue weighted by Crippen LogP contribution is -2.10. The minimum Gasteiger partial charge on any atom is -0.464 e. The van der Waals surface area contributed by atoms with Gasteiger partial charge in [-0.2, -0.15) is 0 Å². The number of thiophene rings is 1. The summed E-state index contributed by atoms with van der Waals surface area (Å²) >= 11 is 1.83. The minimum absolute atomic E-state index is 0.237. The molecule has 1 aliphatic heterocycles. The second-order valence-electron chi connectivity index (χ2n) is 11.4. The molecule has 1 atom stereocenters. The zero-order chi connectivity index (χ0) is 28.1. The van der Waals surface area contributed by atoms with Crippen LogP contribution in [0.25, 0.3) is 69.2 Å². The third-order valence-electron chi connectivity index (χ3n) is 9.00. The van der Waals surface area contributed by atoms with Gasteiger partial charge in [-0.25, -0.2) is 0 Å². The van der Waals surface area contributed by atoms with Crippen LogP contribution in [0.5, 0.6) is 5.75 Å². The molecular weight excluding hydrogens is 545 g/mol. The van der Waals surface area contributed by atoms with Gasteiger partial charge in [0.25, 0.3) is 0 Å². The molecule has 0 aliphatic carbocycles. The Bertz CT molecular complexity index is 2570. The molecule has 0 spiro atoms. The summed E-state index contributed by atoms with van der Waals surface area (Å²) in [6, 6.07) is 48.3. The molecule has 9 aromatic rings. The highest BCUT2D eigenvalue weighted by atomic mass is 32.1. The Labute approximate surface area is 251 Å². The highest BCUT2D eigenvalue weighted by Gasteiger charge is 2.27. The van der Waals surface area contributed by atoms with Gasteiger partial charge < -0.3 is 14.6 Å². The molecule has 4 heteroatoms. The van der Waals surface area contributed by atoms with E-state index in [0.29, 0.717) is 0 Å². The van der Waals surface area contributed by atoms with Crippen LogP contribution in [0.1, 0.15) is 11.8 Å². The molecule has 0 saturated heterocycles. The van der Waals surface area contributed by atoms with Crippen molar-refractivity contribution in [3.05, 3.63) is 139 Å². The van der Waals surface area contributed by atoms with Crippen molar-refractivity contribution in [2.45, 2.75) is 6.23 Å². The van der Waals surface area contributed by atoms with Crippen LogP contribution in [0.4, 0.5) is 5.69 Å². The van der Waals surface area contributed by atoms with Crippen LogP contribution in [0.3, 0.4) is 0 Å². The van der Waals surface area contributed by atoms with E-state index in [2.05, 4.69) is 143 Å². The van der Waals surface area contributed by atoms with Gasteiger partial charge in [0.1, 0.15) is 5.75 Å². The van der Waals surface area contributed by atoms with Gasteiger partial charge in [-0.15, -0.1) is 11.3 Å². The standard InChI is InChI=1S/C39H24N2OS/c1-2-9-26-22-32-30(21-25(26)8-1)36-28-10-4-3-7-23(28)15-18-31(36)41(32)27-16-13-24(14-17-27)39-40-38-33(42-39)19-20-35-37(38)29-11-5-6-12-34(29)43-35/h1-22,39-40H. The molecule has 0 bridgehead atoms. The maximum absolute atomic E-state index is 6.47. The monoisotopic (exact) mass is 568 g/mol. The van der Waals surface area contributed by atoms with Gasteiger partial charge in [-0.1, -0.05) is 84.9 Å². The summed E-state index contributed by atoms with van der Waals surface area (Å²) in [5.41, 5.74) is 5.75. The molecule has 0 saturated carbocycles. The van der Waals surface area contributed by atoms with Gasteiger partial charge in [-0.3, -0.25) is 0 Å². The van der Waals surface area contributed by atoms with E-state index < -0.39 is 0 Å². The first-order chi connectivity index (χ1) is 21.3. The quantitative estimate of drug-likeness (QED) is 0.224. The van der Waals surface area contributed by atoms with Crippen molar-refractivity contribution < 1.29 is 4.74 Å². The molecular formula is C39H24N2OS. The third kappa shape index (κ3) is 3.30. The highest BCUT2D eigenvalue weighted by Crippen LogP contribution is 2.48. The van der Waals surface area contributed by atoms with E-state index in [0.717, 1.165) is 22.7 Å². The molecule has 43 heavy (non-hydrogen) atoms. The number of anilines is 1. The average Bonchev–Trinajstić information content (AvgIpc) is 3.75. The van der Waals surface area contributed by atoms with Crippen LogP contribution in [-0.4, -0.2) is 4.57 Å². The largest absolute Gasteiger partial charge is 0.464 e. The Hall–Kier alpha value is -5.32. The van der Waals surface area contributed by atoms with Gasteiger partial charge in [0.2, 0.25) is 0 Å². The summed E-state index contributed by atoms with van der Waals surface area (Å²) in [5, 5.41) is 13.8. The van der Waals surface area contributed by atoms with Gasteiger partial charge in [0, 0.05) is 42.2 Å². The number of ether oxygens (including phenoxy) is 1. The third-order valence-corrected chi connectivity index (χ3v) is 10.1. The first-order valence-corrected chi connectivity index (χ1v) is 15.4. The summed E-state index contributed by atoms with van der Waals surface area (Å²) in [6.45, 7) is 0. The lowest BCUT2D eigenvalue weighted by atomic mass is 10.0. The lowest BCUT2D eigenvalue weighted by molar-refractivity contribution is 0.260. The molecule has 1 unspecified atom stereocenters. The van der Waals surface area contributed by atoms with Gasteiger partial charge in [-0.05, 0) is 70.1 Å². The van der Waals surface area contributed by atoms with Crippen LogP contribution in [0, 0.1) is 0 Å². The Morgan fingerprint density at radius 1 is 0.558 bits per heavy atom. The highest BCUT2D eigenvalue weighted by molar-refractivity contribution is 7.26. The summed E-state index contributed by atoms with van der Waals surface area (Å²) in [7, 11) is 0. The number of benzene rings is 7. The minimum atomic E-state index is -0.237. The smallest absolute Gasteiger partial charge is 0.196 e. The fraction of sp³-hybridized carbons (Fsp3) is 0.0256. The average molecular weight is 569 g/mol. The van der Waals surface area contributed by atoms with Crippen molar-refractivity contribution >= 4 is 80.5 Å². The van der Waals surface area contributed by atoms with E-state index in [-0.39, 0.29) is 6.23 Å². The predicted octanol–water partition coefficient (Wildman–Crippen LogP) is 11.0. The molecule has 7 aromatic carbocycles. The van der Waals surface area contributed by atoms with E-state index in [1.54, 1.807) is 0 Å². The molecule has 3 heterocycles. The van der Waals surface area contributed by atoms with Crippen LogP contribution >= 0.6 is 11.3 Å². The number of aromatic nitrogens is 1. The number of hydrogen-bond donors (Lipinski definition) is 1. The molecule has 202 valence electrons. The summed E-state index contributed by atoms with van der Waals surface area (Å²) in [5.74, 6) is 0.909. The Kier molecular flexibility index (Phi) is 4.65. The summed E-state index contributed by atoms with van der Waals surface area (Å²) < 4.78 is 11.5. The van der Waals surface area contributed by atoms with E-state index >= 15 is 0 Å². The van der Waals surface area contributed by atoms with Crippen molar-refractivity contribution in [3.8, 4) is 11.4 Å². The van der Waals surface area contributed by atoms with Gasteiger partial charge >= 0.3 is 0 Å². The zero-order valence-electron chi connectivity index (χ0n) is 23.0. The molecule has 1 aliphatic rings. The van der Waals surface area contributed by atoms with Gasteiger partial charge in [0.15, 0.2) is 6.23 Å². The fourth-order valence-electron chi connectivity index (χ4n) is 7.03. The second-order valence-corrected chi connectivity index (χ2v) is 12.5. The van der Waals surface area contributed by atoms with Crippen LogP contribution in [-0.2, 0) is 0 Å². The summed E-state index contributed by atoms with van der Waals surface area (Å²) in [6.07, 6.45) is -0.237. The lowest BCUT2D eigenvalue weighted by Gasteiger charge is -2.14. The van der Waals surface area contributed by atoms with Crippen molar-refractivity contribution in [1.29, 1.82) is 0 Å². The van der Waals surface area contributed by atoms with Crippen molar-refractivity contribution in [3.63, 3.8) is 0 Å². The Balaban J connectivity index is 1.11. The van der Waals surface area contributed by atoms with E-state index in [4.69, 9.17) is 4.74 Å². The molecule has 2 aromatic heterocycles. The second kappa shape index (κ2) is 8.60. The number of rotatable bonds is 2. The maximum atomic E-state index is 6.47. The summed E-state index contributed by atoms with van der Waals surface area (Å²) in [4.78, 5) is 0. The van der Waals surface area contributed by atoms with Crippen molar-refractivity contribution in [2.75, 3.05) is 5.32 Å². The number of nitrogens with one attached hydrogen (secondary N) is 1. The predicted molar refractivity (Wildman–Crippen MR) is 182 cm³/mol. The van der Waals surface area contributed by atoms with E-state index in [1.165, 1.54) is 63.5 Å². The van der Waals surface area contributed by atoms with Crippen molar-refractivity contribution in [1.82, 2.24) is 4.57 Å². The zero-order valence-corrected chi connectivity index (χ0v) is 23.9. The molecule has 3 nitrogen and oxygen atoms in total. The number of hydrogen-bond acceptors (Lipinski definition) is 3. The molecule has 0 fully saturated rings. The topological polar surface area (TPSA) is 26.2 Å². The normalized spacial score (nSPS) is 14.7. The molecule has 10 rings (SSSR count). The Morgan fingerprint density at radius 2 is 1.30 bits per heavy atom. The van der Waals surface area contributed by atoms with Crippen molar-refractivity contribution in [2.24, 2.45) is 0 Å². The van der Waals surface area contributed by atoms with Crippen LogP contribution in [0.2, 0.25) is 0 Å². The van der Waals surface area contributed by atoms with Gasteiger partial charge in [0.05, 0.1) is 16.7 Å². The van der Waals surface area contributed by atoms with Crippen LogP contribution in [0.15, 0.2) is 133 Å².